The first-order valence-electron chi connectivity index (χ1n) is 6.03. The summed E-state index contributed by atoms with van der Waals surface area (Å²) < 4.78 is 13.2. The molecule has 0 amide bonds. The minimum atomic E-state index is -0.416. The highest BCUT2D eigenvalue weighted by Crippen LogP contribution is 2.23. The van der Waals surface area contributed by atoms with E-state index in [-0.39, 0.29) is 0 Å². The Labute approximate surface area is 115 Å². The molecule has 0 saturated heterocycles. The molecule has 0 aliphatic heterocycles. The van der Waals surface area contributed by atoms with E-state index >= 15 is 0 Å². The van der Waals surface area contributed by atoms with Crippen molar-refractivity contribution in [1.29, 1.82) is 0 Å². The fourth-order valence-electron chi connectivity index (χ4n) is 1.88. The molecule has 0 atom stereocenters. The minimum absolute atomic E-state index is 0.332. The van der Waals surface area contributed by atoms with E-state index in [1.54, 1.807) is 12.3 Å². The Balaban J connectivity index is 2.12. The molecule has 5 heteroatoms. The van der Waals surface area contributed by atoms with Crippen LogP contribution in [-0.4, -0.2) is 15.0 Å². The van der Waals surface area contributed by atoms with Crippen LogP contribution >= 0.6 is 0 Å². The quantitative estimate of drug-likeness (QED) is 0.774. The van der Waals surface area contributed by atoms with Crippen LogP contribution in [0.5, 0.6) is 0 Å². The summed E-state index contributed by atoms with van der Waals surface area (Å²) in [6, 6.07) is 12.4. The van der Waals surface area contributed by atoms with Crippen molar-refractivity contribution in [3.8, 4) is 22.6 Å². The summed E-state index contributed by atoms with van der Waals surface area (Å²) >= 11 is 0. The summed E-state index contributed by atoms with van der Waals surface area (Å²) in [5, 5.41) is 0. The van der Waals surface area contributed by atoms with Gasteiger partial charge in [0.15, 0.2) is 5.82 Å². The summed E-state index contributed by atoms with van der Waals surface area (Å²) in [6.07, 6.45) is 2.69. The molecule has 20 heavy (non-hydrogen) atoms. The second-order valence-corrected chi connectivity index (χ2v) is 4.26. The van der Waals surface area contributed by atoms with Gasteiger partial charge in [-0.05, 0) is 6.07 Å². The van der Waals surface area contributed by atoms with Crippen molar-refractivity contribution >= 4 is 5.82 Å². The molecule has 4 nitrogen and oxygen atoms in total. The van der Waals surface area contributed by atoms with Gasteiger partial charge in [0.25, 0.3) is 0 Å². The zero-order valence-corrected chi connectivity index (χ0v) is 10.5. The van der Waals surface area contributed by atoms with Crippen molar-refractivity contribution < 1.29 is 4.39 Å². The largest absolute Gasteiger partial charge is 0.384 e. The Hall–Kier alpha value is -2.82. The second kappa shape index (κ2) is 5.05. The van der Waals surface area contributed by atoms with Gasteiger partial charge in [-0.2, -0.15) is 0 Å². The Kier molecular flexibility index (Phi) is 3.09. The van der Waals surface area contributed by atoms with E-state index in [4.69, 9.17) is 5.73 Å². The lowest BCUT2D eigenvalue weighted by Crippen LogP contribution is -1.98. The third-order valence-corrected chi connectivity index (χ3v) is 2.78. The minimum Gasteiger partial charge on any atom is -0.384 e. The number of nitrogen functional groups attached to an aromatic ring is 1. The fourth-order valence-corrected chi connectivity index (χ4v) is 1.88. The number of anilines is 1. The predicted octanol–water partition coefficient (Wildman–Crippen LogP) is 2.93. The number of benzene rings is 1. The number of nitrogens with two attached hydrogens (primary N) is 1. The maximum atomic E-state index is 13.2. The smallest absolute Gasteiger partial charge is 0.162 e. The van der Waals surface area contributed by atoms with Crippen molar-refractivity contribution in [2.45, 2.75) is 0 Å². The maximum Gasteiger partial charge on any atom is 0.162 e. The summed E-state index contributed by atoms with van der Waals surface area (Å²) in [5.41, 5.74) is 7.77. The van der Waals surface area contributed by atoms with Crippen LogP contribution in [0.25, 0.3) is 22.6 Å². The van der Waals surface area contributed by atoms with Gasteiger partial charge in [0, 0.05) is 23.4 Å². The number of hydrogen-bond acceptors (Lipinski definition) is 4. The molecule has 0 radical (unpaired) electrons. The van der Waals surface area contributed by atoms with Gasteiger partial charge < -0.3 is 5.73 Å². The molecule has 0 bridgehead atoms. The van der Waals surface area contributed by atoms with Gasteiger partial charge >= 0.3 is 0 Å². The van der Waals surface area contributed by atoms with Gasteiger partial charge in [-0.25, -0.2) is 14.4 Å². The van der Waals surface area contributed by atoms with Crippen LogP contribution in [0.1, 0.15) is 0 Å². The van der Waals surface area contributed by atoms with Gasteiger partial charge in [0.2, 0.25) is 0 Å². The summed E-state index contributed by atoms with van der Waals surface area (Å²) in [4.78, 5) is 12.4. The molecule has 0 unspecified atom stereocenters. The van der Waals surface area contributed by atoms with Crippen LogP contribution in [0, 0.1) is 5.82 Å². The van der Waals surface area contributed by atoms with E-state index in [0.717, 1.165) is 11.8 Å². The Morgan fingerprint density at radius 1 is 0.900 bits per heavy atom. The molecule has 2 N–H and O–H groups in total. The first-order chi connectivity index (χ1) is 9.72. The van der Waals surface area contributed by atoms with Crippen molar-refractivity contribution in [2.75, 3.05) is 5.73 Å². The topological polar surface area (TPSA) is 64.7 Å². The molecule has 0 saturated carbocycles. The lowest BCUT2D eigenvalue weighted by Gasteiger charge is -2.06. The summed E-state index contributed by atoms with van der Waals surface area (Å²) in [5.74, 6) is 0.420. The number of hydrogen-bond donors (Lipinski definition) is 1. The fraction of sp³-hybridized carbons (Fsp3) is 0. The summed E-state index contributed by atoms with van der Waals surface area (Å²) in [7, 11) is 0. The molecule has 2 aromatic heterocycles. The molecule has 98 valence electrons. The first kappa shape index (κ1) is 12.2. The molecular formula is C15H11FN4. The zero-order valence-electron chi connectivity index (χ0n) is 10.5. The van der Waals surface area contributed by atoms with Crippen LogP contribution in [-0.2, 0) is 0 Å². The Morgan fingerprint density at radius 3 is 2.45 bits per heavy atom. The van der Waals surface area contributed by atoms with Gasteiger partial charge in [-0.15, -0.1) is 0 Å². The van der Waals surface area contributed by atoms with E-state index < -0.39 is 5.82 Å². The standard InChI is InChI=1S/C15H11FN4/c16-12-6-11(8-18-9-12)13-7-14(17)20-15(19-13)10-4-2-1-3-5-10/h1-9H,(H2,17,19,20). The average molecular weight is 266 g/mol. The van der Waals surface area contributed by atoms with Gasteiger partial charge in [0.1, 0.15) is 11.6 Å². The van der Waals surface area contributed by atoms with E-state index in [9.17, 15) is 4.39 Å². The third-order valence-electron chi connectivity index (χ3n) is 2.78. The zero-order chi connectivity index (χ0) is 13.9. The first-order valence-corrected chi connectivity index (χ1v) is 6.03. The number of pyridine rings is 1. The molecule has 3 rings (SSSR count). The SMILES string of the molecule is Nc1cc(-c2cncc(F)c2)nc(-c2ccccc2)n1. The number of rotatable bonds is 2. The highest BCUT2D eigenvalue weighted by Gasteiger charge is 2.08. The molecule has 3 aromatic rings. The Morgan fingerprint density at radius 2 is 1.70 bits per heavy atom. The van der Waals surface area contributed by atoms with Crippen LogP contribution in [0.2, 0.25) is 0 Å². The normalized spacial score (nSPS) is 10.4. The van der Waals surface area contributed by atoms with Crippen LogP contribution in [0.4, 0.5) is 10.2 Å². The van der Waals surface area contributed by atoms with Gasteiger partial charge in [-0.1, -0.05) is 30.3 Å². The Bertz CT molecular complexity index is 744. The lowest BCUT2D eigenvalue weighted by molar-refractivity contribution is 0.622. The monoisotopic (exact) mass is 266 g/mol. The predicted molar refractivity (Wildman–Crippen MR) is 75.1 cm³/mol. The molecule has 0 aliphatic rings. The van der Waals surface area contributed by atoms with E-state index in [1.165, 1.54) is 6.07 Å². The second-order valence-electron chi connectivity index (χ2n) is 4.26. The average Bonchev–Trinajstić information content (AvgIpc) is 2.47. The molecule has 0 fully saturated rings. The van der Waals surface area contributed by atoms with Crippen LogP contribution < -0.4 is 5.73 Å². The highest BCUT2D eigenvalue weighted by molar-refractivity contribution is 5.66. The molecule has 2 heterocycles. The van der Waals surface area contributed by atoms with E-state index in [2.05, 4.69) is 15.0 Å². The number of aromatic nitrogens is 3. The van der Waals surface area contributed by atoms with Crippen molar-refractivity contribution in [1.82, 2.24) is 15.0 Å². The summed E-state index contributed by atoms with van der Waals surface area (Å²) in [6.45, 7) is 0. The molecular weight excluding hydrogens is 255 g/mol. The van der Waals surface area contributed by atoms with Crippen molar-refractivity contribution in [3.05, 3.63) is 60.7 Å². The van der Waals surface area contributed by atoms with Gasteiger partial charge in [-0.3, -0.25) is 4.98 Å². The highest BCUT2D eigenvalue weighted by atomic mass is 19.1. The third kappa shape index (κ3) is 2.47. The van der Waals surface area contributed by atoms with Crippen molar-refractivity contribution in [2.24, 2.45) is 0 Å². The van der Waals surface area contributed by atoms with E-state index in [0.29, 0.717) is 22.9 Å². The van der Waals surface area contributed by atoms with E-state index in [1.807, 2.05) is 30.3 Å². The van der Waals surface area contributed by atoms with Gasteiger partial charge in [0.05, 0.1) is 11.9 Å². The van der Waals surface area contributed by atoms with Crippen molar-refractivity contribution in [3.63, 3.8) is 0 Å². The molecule has 0 spiro atoms. The maximum absolute atomic E-state index is 13.2. The number of halogens is 1. The number of nitrogens with zero attached hydrogens (tertiary/aromatic N) is 3. The molecule has 0 aliphatic carbocycles. The lowest BCUT2D eigenvalue weighted by atomic mass is 10.1. The molecule has 1 aromatic carbocycles. The van der Waals surface area contributed by atoms with Crippen LogP contribution in [0.15, 0.2) is 54.9 Å². The van der Waals surface area contributed by atoms with Crippen LogP contribution in [0.3, 0.4) is 0 Å².